The van der Waals surface area contributed by atoms with Gasteiger partial charge in [0, 0.05) is 5.56 Å². The lowest BCUT2D eigenvalue weighted by molar-refractivity contribution is 0.484. The Bertz CT molecular complexity index is 1010. The van der Waals surface area contributed by atoms with Crippen molar-refractivity contribution in [3.63, 3.8) is 0 Å². The average Bonchev–Trinajstić information content (AvgIpc) is 2.90. The van der Waals surface area contributed by atoms with Crippen LogP contribution in [0.3, 0.4) is 0 Å². The third kappa shape index (κ3) is 3.27. The summed E-state index contributed by atoms with van der Waals surface area (Å²) in [7, 11) is -4.30. The molecule has 1 N–H and O–H groups in total. The first-order chi connectivity index (χ1) is 10.9. The second kappa shape index (κ2) is 6.23. The lowest BCUT2D eigenvalue weighted by atomic mass is 10.2. The van der Waals surface area contributed by atoms with Gasteiger partial charge in [-0.05, 0) is 42.8 Å². The van der Waals surface area contributed by atoms with Gasteiger partial charge in [0.1, 0.15) is 32.8 Å². The molecule has 0 fully saturated rings. The van der Waals surface area contributed by atoms with E-state index in [0.29, 0.717) is 20.8 Å². The number of fused-ring (bicyclic) bond motifs is 1. The van der Waals surface area contributed by atoms with Crippen LogP contribution in [0.15, 0.2) is 49.7 Å². The van der Waals surface area contributed by atoms with Crippen LogP contribution in [-0.2, 0) is 10.1 Å². The predicted molar refractivity (Wildman–Crippen MR) is 98.1 cm³/mol. The number of hydrogen-bond acceptors (Lipinski definition) is 6. The minimum atomic E-state index is -4.30. The minimum Gasteiger partial charge on any atom is -0.282 e. The largest absolute Gasteiger partial charge is 0.296 e. The molecule has 0 saturated carbocycles. The van der Waals surface area contributed by atoms with Gasteiger partial charge >= 0.3 is 0 Å². The van der Waals surface area contributed by atoms with Crippen molar-refractivity contribution in [3.8, 4) is 10.6 Å². The summed E-state index contributed by atoms with van der Waals surface area (Å²) in [5.41, 5.74) is 2.60. The molecule has 0 atom stereocenters. The van der Waals surface area contributed by atoms with Gasteiger partial charge in [-0.15, -0.1) is 19.8 Å². The molecule has 0 aliphatic heterocycles. The molecule has 0 spiro atoms. The fourth-order valence-electron chi connectivity index (χ4n) is 2.22. The average molecular weight is 459 g/mol. The first-order valence-corrected chi connectivity index (χ1v) is 9.62. The Morgan fingerprint density at radius 1 is 1.17 bits per heavy atom. The summed E-state index contributed by atoms with van der Waals surface area (Å²) in [6.07, 6.45) is 0. The highest BCUT2D eigenvalue weighted by molar-refractivity contribution is 14.1. The fourth-order valence-corrected chi connectivity index (χ4v) is 4.79. The molecule has 0 aliphatic carbocycles. The van der Waals surface area contributed by atoms with Gasteiger partial charge in [0.15, 0.2) is 0 Å². The Hall–Kier alpha value is -1.43. The van der Waals surface area contributed by atoms with Gasteiger partial charge in [-0.3, -0.25) is 4.55 Å². The molecular weight excluding hydrogens is 449 g/mol. The van der Waals surface area contributed by atoms with E-state index in [1.807, 2.05) is 12.1 Å². The van der Waals surface area contributed by atoms with Crippen LogP contribution in [0.1, 0.15) is 5.56 Å². The Morgan fingerprint density at radius 2 is 1.87 bits per heavy atom. The van der Waals surface area contributed by atoms with Gasteiger partial charge in [0.25, 0.3) is 10.1 Å². The van der Waals surface area contributed by atoms with E-state index in [9.17, 15) is 13.0 Å². The van der Waals surface area contributed by atoms with E-state index in [0.717, 1.165) is 11.3 Å². The number of aromatic nitrogens is 1. The molecule has 3 aromatic rings. The van der Waals surface area contributed by atoms with Gasteiger partial charge in [-0.25, -0.2) is 4.98 Å². The smallest absolute Gasteiger partial charge is 0.282 e. The lowest BCUT2D eigenvalue weighted by Crippen LogP contribution is -2.00. The molecule has 3 rings (SSSR count). The number of nitrogens with zero attached hydrogens (tertiary/aromatic N) is 3. The van der Waals surface area contributed by atoms with E-state index in [4.69, 9.17) is 0 Å². The van der Waals surface area contributed by atoms with E-state index < -0.39 is 10.1 Å². The summed E-state index contributed by atoms with van der Waals surface area (Å²) in [6.45, 7) is 1.64. The molecule has 0 saturated heterocycles. The maximum Gasteiger partial charge on any atom is 0.296 e. The SMILES string of the molecule is Cc1ccc2nc(-c3ccc(/N=N/I)cc3)sc2c1S(=O)(=O)O. The van der Waals surface area contributed by atoms with Crippen LogP contribution < -0.4 is 0 Å². The van der Waals surface area contributed by atoms with Gasteiger partial charge in [-0.2, -0.15) is 8.42 Å². The summed E-state index contributed by atoms with van der Waals surface area (Å²) >= 11 is 3.03. The van der Waals surface area contributed by atoms with Gasteiger partial charge < -0.3 is 0 Å². The van der Waals surface area contributed by atoms with Crippen molar-refractivity contribution in [3.05, 3.63) is 42.0 Å². The van der Waals surface area contributed by atoms with Crippen molar-refractivity contribution in [2.24, 2.45) is 8.44 Å². The first-order valence-electron chi connectivity index (χ1n) is 6.40. The molecule has 0 aliphatic rings. The molecule has 9 heteroatoms. The zero-order chi connectivity index (χ0) is 16.6. The maximum atomic E-state index is 11.6. The van der Waals surface area contributed by atoms with E-state index in [1.54, 1.807) is 54.1 Å². The Morgan fingerprint density at radius 3 is 2.48 bits per heavy atom. The van der Waals surface area contributed by atoms with Crippen molar-refractivity contribution in [2.45, 2.75) is 11.8 Å². The third-order valence-corrected chi connectivity index (χ3v) is 5.76. The molecule has 1 heterocycles. The Balaban J connectivity index is 2.17. The number of halogens is 1. The standard InChI is InChI=1S/C14H10IN3O3S2/c1-8-2-7-11-12(13(8)23(19,20)21)22-14(16-11)9-3-5-10(6-4-9)17-18-15/h2-7H,1H3,(H,19,20,21)/b18-17+. The van der Waals surface area contributed by atoms with E-state index in [2.05, 4.69) is 13.4 Å². The summed E-state index contributed by atoms with van der Waals surface area (Å²) in [5.74, 6) is 0. The third-order valence-electron chi connectivity index (χ3n) is 3.23. The molecule has 0 amide bonds. The summed E-state index contributed by atoms with van der Waals surface area (Å²) < 4.78 is 36.9. The molecule has 0 unspecified atom stereocenters. The zero-order valence-electron chi connectivity index (χ0n) is 11.8. The second-order valence-corrected chi connectivity index (χ2v) is 7.57. The molecule has 1 aromatic heterocycles. The molecule has 2 aromatic carbocycles. The van der Waals surface area contributed by atoms with Crippen molar-refractivity contribution in [2.75, 3.05) is 0 Å². The van der Waals surface area contributed by atoms with Gasteiger partial charge in [0.2, 0.25) is 0 Å². The minimum absolute atomic E-state index is 0.0749. The molecule has 118 valence electrons. The van der Waals surface area contributed by atoms with Crippen molar-refractivity contribution in [1.29, 1.82) is 0 Å². The molecular formula is C14H10IN3O3S2. The van der Waals surface area contributed by atoms with Crippen LogP contribution >= 0.6 is 34.2 Å². The van der Waals surface area contributed by atoms with E-state index >= 15 is 0 Å². The quantitative estimate of drug-likeness (QED) is 0.341. The predicted octanol–water partition coefficient (Wildman–Crippen LogP) is 4.95. The van der Waals surface area contributed by atoms with E-state index in [1.165, 1.54) is 11.3 Å². The molecule has 0 bridgehead atoms. The number of aryl methyl sites for hydroxylation is 1. The maximum absolute atomic E-state index is 11.6. The first kappa shape index (κ1) is 16.4. The van der Waals surface area contributed by atoms with Crippen LogP contribution in [0, 0.1) is 6.92 Å². The topological polar surface area (TPSA) is 92.0 Å². The molecule has 0 radical (unpaired) electrons. The molecule has 23 heavy (non-hydrogen) atoms. The van der Waals surface area contributed by atoms with Crippen LogP contribution in [0.2, 0.25) is 0 Å². The summed E-state index contributed by atoms with van der Waals surface area (Å²) in [6, 6.07) is 10.7. The fraction of sp³-hybridized carbons (Fsp3) is 0.0714. The number of benzene rings is 2. The molecule has 6 nitrogen and oxygen atoms in total. The van der Waals surface area contributed by atoms with Gasteiger partial charge in [0.05, 0.1) is 15.9 Å². The number of thiazole rings is 1. The highest BCUT2D eigenvalue weighted by Crippen LogP contribution is 2.36. The summed E-state index contributed by atoms with van der Waals surface area (Å²) in [5, 5.41) is 4.60. The summed E-state index contributed by atoms with van der Waals surface area (Å²) in [4.78, 5) is 4.39. The Labute approximate surface area is 150 Å². The monoisotopic (exact) mass is 459 g/mol. The second-order valence-electron chi connectivity index (χ2n) is 4.78. The van der Waals surface area contributed by atoms with Gasteiger partial charge in [-0.1, -0.05) is 6.07 Å². The van der Waals surface area contributed by atoms with Crippen LogP contribution in [0.4, 0.5) is 5.69 Å². The van der Waals surface area contributed by atoms with Crippen molar-refractivity contribution >= 4 is 60.2 Å². The number of hydrogen-bond donors (Lipinski definition) is 1. The zero-order valence-corrected chi connectivity index (χ0v) is 15.6. The lowest BCUT2D eigenvalue weighted by Gasteiger charge is -2.02. The van der Waals surface area contributed by atoms with Crippen molar-refractivity contribution in [1.82, 2.24) is 4.98 Å². The van der Waals surface area contributed by atoms with Crippen molar-refractivity contribution < 1.29 is 13.0 Å². The van der Waals surface area contributed by atoms with E-state index in [-0.39, 0.29) is 4.90 Å². The number of rotatable bonds is 3. The highest BCUT2D eigenvalue weighted by atomic mass is 127. The highest BCUT2D eigenvalue weighted by Gasteiger charge is 2.20. The Kier molecular flexibility index (Phi) is 4.45. The normalized spacial score (nSPS) is 12.3. The van der Waals surface area contributed by atoms with Crippen LogP contribution in [0.5, 0.6) is 0 Å². The van der Waals surface area contributed by atoms with Crippen LogP contribution in [-0.4, -0.2) is 18.0 Å². The van der Waals surface area contributed by atoms with Crippen LogP contribution in [0.25, 0.3) is 20.8 Å².